The Morgan fingerprint density at radius 2 is 1.81 bits per heavy atom. The molecule has 1 aliphatic carbocycles. The normalized spacial score (nSPS) is 14.4. The second-order valence-electron chi connectivity index (χ2n) is 6.63. The second kappa shape index (κ2) is 6.21. The van der Waals surface area contributed by atoms with Gasteiger partial charge in [-0.3, -0.25) is 4.72 Å². The predicted molar refractivity (Wildman–Crippen MR) is 98.2 cm³/mol. The number of sulfonamides is 1. The minimum Gasteiger partial charge on any atom is -0.280 e. The third-order valence-corrected chi connectivity index (χ3v) is 5.94. The highest BCUT2D eigenvalue weighted by atomic mass is 32.2. The van der Waals surface area contributed by atoms with E-state index in [2.05, 4.69) is 20.2 Å². The van der Waals surface area contributed by atoms with Gasteiger partial charge < -0.3 is 0 Å². The van der Waals surface area contributed by atoms with Gasteiger partial charge >= 0.3 is 0 Å². The summed E-state index contributed by atoms with van der Waals surface area (Å²) >= 11 is 0. The van der Waals surface area contributed by atoms with Crippen LogP contribution in [0.5, 0.6) is 0 Å². The van der Waals surface area contributed by atoms with Crippen LogP contribution in [0.3, 0.4) is 0 Å². The topological polar surface area (TPSA) is 89.8 Å². The summed E-state index contributed by atoms with van der Waals surface area (Å²) in [6.07, 6.45) is 2.18. The Bertz CT molecular complexity index is 1050. The molecule has 7 nitrogen and oxygen atoms in total. The molecule has 1 N–H and O–H groups in total. The average Bonchev–Trinajstić information content (AvgIpc) is 3.34. The lowest BCUT2D eigenvalue weighted by Gasteiger charge is -2.11. The number of anilines is 1. The summed E-state index contributed by atoms with van der Waals surface area (Å²) < 4.78 is 29.9. The molecule has 134 valence electrons. The number of benzene rings is 2. The van der Waals surface area contributed by atoms with Gasteiger partial charge in [0, 0.05) is 11.3 Å². The molecule has 8 heteroatoms. The highest BCUT2D eigenvalue weighted by molar-refractivity contribution is 7.92. The largest absolute Gasteiger partial charge is 0.280 e. The smallest absolute Gasteiger partial charge is 0.262 e. The Labute approximate surface area is 152 Å². The lowest BCUT2D eigenvalue weighted by Crippen LogP contribution is -2.14. The first-order chi connectivity index (χ1) is 12.4. The zero-order valence-corrected chi connectivity index (χ0v) is 15.4. The highest BCUT2D eigenvalue weighted by Crippen LogP contribution is 2.36. The molecule has 2 aromatic carbocycles. The molecule has 1 saturated carbocycles. The number of hydrogen-bond acceptors (Lipinski definition) is 5. The summed E-state index contributed by atoms with van der Waals surface area (Å²) in [5.41, 5.74) is 2.97. The maximum absolute atomic E-state index is 12.7. The molecule has 0 bridgehead atoms. The second-order valence-corrected chi connectivity index (χ2v) is 8.28. The van der Waals surface area contributed by atoms with Gasteiger partial charge in [0.15, 0.2) is 5.82 Å². The fraction of sp³-hybridized carbons (Fsp3) is 0.278. The standard InChI is InChI=1S/C18H19N5O2S/c1-12-3-4-13(2)17(11-12)26(24,25)20-15-7-5-14(6-8-15)18-19-21-22-23(18)16-9-10-16/h3-8,11,16,20H,9-10H2,1-2H3. The number of tetrazole rings is 1. The van der Waals surface area contributed by atoms with Crippen molar-refractivity contribution in [2.75, 3.05) is 4.72 Å². The fourth-order valence-electron chi connectivity index (χ4n) is 2.84. The van der Waals surface area contributed by atoms with Crippen molar-refractivity contribution in [2.45, 2.75) is 37.6 Å². The van der Waals surface area contributed by atoms with Gasteiger partial charge in [0.2, 0.25) is 0 Å². The van der Waals surface area contributed by atoms with Crippen molar-refractivity contribution in [1.82, 2.24) is 20.2 Å². The molecule has 0 radical (unpaired) electrons. The molecule has 0 aliphatic heterocycles. The first-order valence-corrected chi connectivity index (χ1v) is 9.91. The van der Waals surface area contributed by atoms with Crippen molar-refractivity contribution >= 4 is 15.7 Å². The summed E-state index contributed by atoms with van der Waals surface area (Å²) in [5, 5.41) is 11.9. The van der Waals surface area contributed by atoms with E-state index in [4.69, 9.17) is 0 Å². The lowest BCUT2D eigenvalue weighted by atomic mass is 10.2. The predicted octanol–water partition coefficient (Wildman–Crippen LogP) is 3.09. The molecule has 0 amide bonds. The summed E-state index contributed by atoms with van der Waals surface area (Å²) in [4.78, 5) is 0.291. The van der Waals surface area contributed by atoms with Gasteiger partial charge in [0.25, 0.3) is 10.0 Å². The number of nitrogens with one attached hydrogen (secondary N) is 1. The van der Waals surface area contributed by atoms with E-state index < -0.39 is 10.0 Å². The number of rotatable bonds is 5. The third-order valence-electron chi connectivity index (χ3n) is 4.41. The van der Waals surface area contributed by atoms with E-state index in [0.717, 1.165) is 24.0 Å². The Morgan fingerprint density at radius 3 is 2.50 bits per heavy atom. The Morgan fingerprint density at radius 1 is 1.08 bits per heavy atom. The van der Waals surface area contributed by atoms with Crippen molar-refractivity contribution in [3.05, 3.63) is 53.6 Å². The first kappa shape index (κ1) is 16.7. The summed E-state index contributed by atoms with van der Waals surface area (Å²) in [6, 6.07) is 12.9. The molecule has 0 spiro atoms. The van der Waals surface area contributed by atoms with Crippen molar-refractivity contribution < 1.29 is 8.42 Å². The average molecular weight is 369 g/mol. The first-order valence-electron chi connectivity index (χ1n) is 8.42. The van der Waals surface area contributed by atoms with Crippen LogP contribution < -0.4 is 4.72 Å². The van der Waals surface area contributed by atoms with E-state index in [9.17, 15) is 8.42 Å². The number of nitrogens with zero attached hydrogens (tertiary/aromatic N) is 4. The maximum Gasteiger partial charge on any atom is 0.262 e. The molecule has 1 fully saturated rings. The molecule has 1 aliphatic rings. The van der Waals surface area contributed by atoms with Gasteiger partial charge in [-0.2, -0.15) is 0 Å². The number of hydrogen-bond donors (Lipinski definition) is 1. The summed E-state index contributed by atoms with van der Waals surface area (Å²) in [7, 11) is -3.64. The van der Waals surface area contributed by atoms with E-state index in [-0.39, 0.29) is 0 Å². The Hall–Kier alpha value is -2.74. The molecular weight excluding hydrogens is 350 g/mol. The van der Waals surface area contributed by atoms with E-state index >= 15 is 0 Å². The molecule has 1 heterocycles. The Balaban J connectivity index is 1.59. The number of aryl methyl sites for hydroxylation is 2. The van der Waals surface area contributed by atoms with Crippen molar-refractivity contribution in [3.8, 4) is 11.4 Å². The highest BCUT2D eigenvalue weighted by Gasteiger charge is 2.28. The molecule has 3 aromatic rings. The zero-order valence-electron chi connectivity index (χ0n) is 14.5. The van der Waals surface area contributed by atoms with Crippen LogP contribution in [0.4, 0.5) is 5.69 Å². The van der Waals surface area contributed by atoms with Crippen LogP contribution in [0, 0.1) is 13.8 Å². The van der Waals surface area contributed by atoms with Crippen LogP contribution in [-0.2, 0) is 10.0 Å². The van der Waals surface area contributed by atoms with E-state index in [1.54, 1.807) is 25.1 Å². The third kappa shape index (κ3) is 3.20. The molecule has 26 heavy (non-hydrogen) atoms. The van der Waals surface area contributed by atoms with Crippen LogP contribution >= 0.6 is 0 Å². The molecule has 1 aromatic heterocycles. The summed E-state index contributed by atoms with van der Waals surface area (Å²) in [5.74, 6) is 0.705. The molecular formula is C18H19N5O2S. The lowest BCUT2D eigenvalue weighted by molar-refractivity contribution is 0.600. The minimum atomic E-state index is -3.64. The van der Waals surface area contributed by atoms with Gasteiger partial charge in [-0.25, -0.2) is 13.1 Å². The SMILES string of the molecule is Cc1ccc(C)c(S(=O)(=O)Nc2ccc(-c3nnnn3C3CC3)cc2)c1. The van der Waals surface area contributed by atoms with Crippen LogP contribution in [0.2, 0.25) is 0 Å². The van der Waals surface area contributed by atoms with Gasteiger partial charge in [-0.05, 0) is 78.6 Å². The molecule has 0 unspecified atom stereocenters. The Kier molecular flexibility index (Phi) is 3.99. The van der Waals surface area contributed by atoms with Gasteiger partial charge in [0.05, 0.1) is 10.9 Å². The van der Waals surface area contributed by atoms with Crippen LogP contribution in [0.15, 0.2) is 47.4 Å². The number of aromatic nitrogens is 4. The fourth-order valence-corrected chi connectivity index (χ4v) is 4.23. The molecule has 0 saturated heterocycles. The van der Waals surface area contributed by atoms with Crippen LogP contribution in [-0.4, -0.2) is 28.6 Å². The summed E-state index contributed by atoms with van der Waals surface area (Å²) in [6.45, 7) is 3.66. The van der Waals surface area contributed by atoms with Crippen LogP contribution in [0.25, 0.3) is 11.4 Å². The quantitative estimate of drug-likeness (QED) is 0.746. The van der Waals surface area contributed by atoms with Crippen molar-refractivity contribution in [3.63, 3.8) is 0 Å². The van der Waals surface area contributed by atoms with E-state index in [0.29, 0.717) is 28.0 Å². The van der Waals surface area contributed by atoms with Gasteiger partial charge in [0.1, 0.15) is 0 Å². The van der Waals surface area contributed by atoms with Gasteiger partial charge in [-0.15, -0.1) is 5.10 Å². The zero-order chi connectivity index (χ0) is 18.3. The minimum absolute atomic E-state index is 0.291. The van der Waals surface area contributed by atoms with Gasteiger partial charge in [-0.1, -0.05) is 12.1 Å². The van der Waals surface area contributed by atoms with E-state index in [1.165, 1.54) is 0 Å². The molecule has 0 atom stereocenters. The van der Waals surface area contributed by atoms with E-state index in [1.807, 2.05) is 35.9 Å². The van der Waals surface area contributed by atoms with Crippen molar-refractivity contribution in [1.29, 1.82) is 0 Å². The maximum atomic E-state index is 12.7. The van der Waals surface area contributed by atoms with Crippen LogP contribution in [0.1, 0.15) is 30.0 Å². The molecule has 4 rings (SSSR count). The van der Waals surface area contributed by atoms with Crippen molar-refractivity contribution in [2.24, 2.45) is 0 Å². The monoisotopic (exact) mass is 369 g/mol.